The Morgan fingerprint density at radius 2 is 1.75 bits per heavy atom. The van der Waals surface area contributed by atoms with Gasteiger partial charge in [0.1, 0.15) is 5.92 Å². The third kappa shape index (κ3) is 5.16. The zero-order valence-corrected chi connectivity index (χ0v) is 19.9. The first kappa shape index (κ1) is 25.1. The molecule has 4 rings (SSSR count). The van der Waals surface area contributed by atoms with Gasteiger partial charge in [-0.15, -0.1) is 0 Å². The number of nitrogens with one attached hydrogen (secondary N) is 1. The highest BCUT2D eigenvalue weighted by Crippen LogP contribution is 2.39. The largest absolute Gasteiger partial charge is 0.465 e. The fourth-order valence-electron chi connectivity index (χ4n) is 4.20. The van der Waals surface area contributed by atoms with E-state index < -0.39 is 29.5 Å². The van der Waals surface area contributed by atoms with Gasteiger partial charge in [0.15, 0.2) is 0 Å². The van der Waals surface area contributed by atoms with E-state index in [0.717, 1.165) is 6.07 Å². The highest BCUT2D eigenvalue weighted by atomic mass is 19.4. The molecule has 186 valence electrons. The molecule has 1 N–H and O–H groups in total. The van der Waals surface area contributed by atoms with Gasteiger partial charge in [0, 0.05) is 12.2 Å². The van der Waals surface area contributed by atoms with Crippen molar-refractivity contribution in [3.8, 4) is 0 Å². The van der Waals surface area contributed by atoms with Gasteiger partial charge in [0.25, 0.3) is 0 Å². The van der Waals surface area contributed by atoms with Gasteiger partial charge in [-0.2, -0.15) is 13.2 Å². The Balaban J connectivity index is 1.85. The van der Waals surface area contributed by atoms with Crippen molar-refractivity contribution >= 4 is 29.0 Å². The van der Waals surface area contributed by atoms with E-state index in [1.54, 1.807) is 61.5 Å². The molecule has 1 aliphatic heterocycles. The van der Waals surface area contributed by atoms with Crippen LogP contribution in [0.3, 0.4) is 0 Å². The van der Waals surface area contributed by atoms with Gasteiger partial charge in [-0.1, -0.05) is 42.5 Å². The van der Waals surface area contributed by atoms with Crippen LogP contribution in [0.5, 0.6) is 0 Å². The third-order valence-corrected chi connectivity index (χ3v) is 5.78. The molecule has 3 aromatic carbocycles. The van der Waals surface area contributed by atoms with E-state index >= 15 is 0 Å². The molecule has 0 radical (unpaired) electrons. The highest BCUT2D eigenvalue weighted by Gasteiger charge is 2.37. The van der Waals surface area contributed by atoms with Crippen LogP contribution in [0.2, 0.25) is 0 Å². The Morgan fingerprint density at radius 1 is 1.03 bits per heavy atom. The first-order valence-electron chi connectivity index (χ1n) is 11.1. The number of amides is 1. The van der Waals surface area contributed by atoms with Crippen LogP contribution in [0.1, 0.15) is 38.5 Å². The lowest BCUT2D eigenvalue weighted by Crippen LogP contribution is -2.22. The minimum Gasteiger partial charge on any atom is -0.465 e. The molecule has 0 bridgehead atoms. The van der Waals surface area contributed by atoms with Crippen LogP contribution in [-0.4, -0.2) is 43.7 Å². The van der Waals surface area contributed by atoms with Crippen molar-refractivity contribution in [1.29, 1.82) is 0 Å². The van der Waals surface area contributed by atoms with Crippen LogP contribution in [-0.2, 0) is 22.3 Å². The predicted octanol–water partition coefficient (Wildman–Crippen LogP) is 5.41. The van der Waals surface area contributed by atoms with Crippen LogP contribution in [0.15, 0.2) is 71.7 Å². The number of carbonyl (C=O) groups excluding carboxylic acids is 2. The topological polar surface area (TPSA) is 71.0 Å². The molecule has 0 spiro atoms. The van der Waals surface area contributed by atoms with Crippen molar-refractivity contribution in [2.45, 2.75) is 18.6 Å². The summed E-state index contributed by atoms with van der Waals surface area (Å²) < 4.78 is 46.3. The zero-order chi connectivity index (χ0) is 26.0. The standard InChI is InChI=1S/C27H24F3N3O3/c1-33(2)15-18-9-11-19(14-21(18)27(28,29)30)31-24(16-7-5-4-6-8-16)23-20-12-10-17(26(35)36-3)13-22(20)32-25(23)34/h4-14,23H,15H2,1-3H3,(H,32,34). The Bertz CT molecular complexity index is 1340. The average molecular weight is 496 g/mol. The van der Waals surface area contributed by atoms with Gasteiger partial charge in [-0.3, -0.25) is 9.79 Å². The summed E-state index contributed by atoms with van der Waals surface area (Å²) in [6, 6.07) is 17.4. The molecule has 1 heterocycles. The number of hydrogen-bond donors (Lipinski definition) is 1. The first-order valence-corrected chi connectivity index (χ1v) is 11.1. The third-order valence-electron chi connectivity index (χ3n) is 5.78. The minimum atomic E-state index is -4.56. The van der Waals surface area contributed by atoms with Crippen molar-refractivity contribution in [3.63, 3.8) is 0 Å². The summed E-state index contributed by atoms with van der Waals surface area (Å²) in [5, 5.41) is 2.76. The number of anilines is 1. The molecule has 3 aromatic rings. The lowest BCUT2D eigenvalue weighted by atomic mass is 9.90. The number of ether oxygens (including phenoxy) is 1. The summed E-state index contributed by atoms with van der Waals surface area (Å²) in [7, 11) is 4.65. The Labute approximate surface area is 206 Å². The Hall–Kier alpha value is -3.98. The molecule has 36 heavy (non-hydrogen) atoms. The first-order chi connectivity index (χ1) is 17.1. The average Bonchev–Trinajstić information content (AvgIpc) is 3.17. The summed E-state index contributed by atoms with van der Waals surface area (Å²) in [6.45, 7) is 0.116. The van der Waals surface area contributed by atoms with Crippen LogP contribution in [0.4, 0.5) is 24.5 Å². The number of esters is 1. The smallest absolute Gasteiger partial charge is 0.416 e. The maximum atomic E-state index is 13.9. The van der Waals surface area contributed by atoms with E-state index in [9.17, 15) is 22.8 Å². The Morgan fingerprint density at radius 3 is 2.39 bits per heavy atom. The summed E-state index contributed by atoms with van der Waals surface area (Å²) in [5.74, 6) is -1.83. The molecule has 9 heteroatoms. The summed E-state index contributed by atoms with van der Waals surface area (Å²) in [6.07, 6.45) is -4.56. The highest BCUT2D eigenvalue weighted by molar-refractivity contribution is 6.24. The van der Waals surface area contributed by atoms with Crippen molar-refractivity contribution in [3.05, 3.63) is 94.5 Å². The van der Waals surface area contributed by atoms with Crippen molar-refractivity contribution in [2.24, 2.45) is 4.99 Å². The second-order valence-electron chi connectivity index (χ2n) is 8.66. The van der Waals surface area contributed by atoms with Crippen LogP contribution in [0.25, 0.3) is 0 Å². The van der Waals surface area contributed by atoms with Crippen LogP contribution < -0.4 is 5.32 Å². The van der Waals surface area contributed by atoms with Crippen molar-refractivity contribution < 1.29 is 27.5 Å². The van der Waals surface area contributed by atoms with Gasteiger partial charge >= 0.3 is 12.1 Å². The maximum Gasteiger partial charge on any atom is 0.416 e. The number of benzene rings is 3. The number of nitrogens with zero attached hydrogens (tertiary/aromatic N) is 2. The maximum absolute atomic E-state index is 13.9. The number of rotatable bonds is 6. The van der Waals surface area contributed by atoms with E-state index in [-0.39, 0.29) is 23.4 Å². The molecule has 1 unspecified atom stereocenters. The van der Waals surface area contributed by atoms with Crippen LogP contribution >= 0.6 is 0 Å². The molecule has 0 aromatic heterocycles. The van der Waals surface area contributed by atoms with Gasteiger partial charge in [0.2, 0.25) is 5.91 Å². The second-order valence-corrected chi connectivity index (χ2v) is 8.66. The number of methoxy groups -OCH3 is 1. The summed E-state index contributed by atoms with van der Waals surface area (Å²) in [4.78, 5) is 31.3. The number of hydrogen-bond acceptors (Lipinski definition) is 5. The number of fused-ring (bicyclic) bond motifs is 1. The molecule has 6 nitrogen and oxygen atoms in total. The molecule has 0 aliphatic carbocycles. The molecule has 0 saturated carbocycles. The minimum absolute atomic E-state index is 0.0797. The normalized spacial score (nSPS) is 15.6. The lowest BCUT2D eigenvalue weighted by molar-refractivity contribution is -0.138. The Kier molecular flexibility index (Phi) is 6.94. The van der Waals surface area contributed by atoms with E-state index in [1.807, 2.05) is 0 Å². The SMILES string of the molecule is COC(=O)c1ccc2c(c1)NC(=O)C2C(=Nc1ccc(CN(C)C)c(C(F)(F)F)c1)c1ccccc1. The lowest BCUT2D eigenvalue weighted by Gasteiger charge is -2.18. The summed E-state index contributed by atoms with van der Waals surface area (Å²) in [5.41, 5.74) is 1.58. The van der Waals surface area contributed by atoms with Crippen molar-refractivity contribution in [1.82, 2.24) is 4.90 Å². The second kappa shape index (κ2) is 9.94. The fraction of sp³-hybridized carbons (Fsp3) is 0.222. The molecule has 1 amide bonds. The van der Waals surface area contributed by atoms with Gasteiger partial charge < -0.3 is 15.0 Å². The fourth-order valence-corrected chi connectivity index (χ4v) is 4.20. The molecular weight excluding hydrogens is 471 g/mol. The molecule has 1 aliphatic rings. The number of carbonyl (C=O) groups is 2. The summed E-state index contributed by atoms with van der Waals surface area (Å²) >= 11 is 0. The molecule has 0 fully saturated rings. The van der Waals surface area contributed by atoms with Gasteiger partial charge in [0.05, 0.1) is 29.6 Å². The van der Waals surface area contributed by atoms with E-state index in [2.05, 4.69) is 10.3 Å². The van der Waals surface area contributed by atoms with Gasteiger partial charge in [-0.25, -0.2) is 4.79 Å². The van der Waals surface area contributed by atoms with E-state index in [1.165, 1.54) is 25.3 Å². The number of aliphatic imine (C=N–C) groups is 1. The zero-order valence-electron chi connectivity index (χ0n) is 19.9. The van der Waals surface area contributed by atoms with Crippen molar-refractivity contribution in [2.75, 3.05) is 26.5 Å². The van der Waals surface area contributed by atoms with Gasteiger partial charge in [-0.05, 0) is 55.1 Å². The molecule has 0 saturated heterocycles. The molecule has 1 atom stereocenters. The quantitative estimate of drug-likeness (QED) is 0.367. The predicted molar refractivity (Wildman–Crippen MR) is 131 cm³/mol. The van der Waals surface area contributed by atoms with Crippen LogP contribution in [0, 0.1) is 0 Å². The number of alkyl halides is 3. The van der Waals surface area contributed by atoms with E-state index in [0.29, 0.717) is 22.5 Å². The van der Waals surface area contributed by atoms with E-state index in [4.69, 9.17) is 4.74 Å². The number of halogens is 3. The molecular formula is C27H24F3N3O3. The monoisotopic (exact) mass is 495 g/mol.